The highest BCUT2D eigenvalue weighted by molar-refractivity contribution is 5.85. The molecule has 3 heteroatoms. The number of esters is 1. The monoisotopic (exact) mass is 452 g/mol. The van der Waals surface area contributed by atoms with Crippen molar-refractivity contribution in [2.75, 3.05) is 0 Å². The van der Waals surface area contributed by atoms with Crippen LogP contribution in [0.3, 0.4) is 0 Å². The first-order valence-electron chi connectivity index (χ1n) is 13.8. The highest BCUT2D eigenvalue weighted by Crippen LogP contribution is 2.79. The van der Waals surface area contributed by atoms with E-state index >= 15 is 0 Å². The summed E-state index contributed by atoms with van der Waals surface area (Å²) in [6, 6.07) is 0. The number of hydrogen-bond donors (Lipinski definition) is 0. The minimum absolute atomic E-state index is 0.0648. The molecule has 10 atom stereocenters. The third kappa shape index (κ3) is 2.17. The predicted molar refractivity (Wildman–Crippen MR) is 129 cm³/mol. The quantitative estimate of drug-likeness (QED) is 0.302. The number of carbonyl (C=O) groups excluding carboxylic acids is 2. The minimum atomic E-state index is -0.467. The number of rotatable bonds is 0. The van der Waals surface area contributed by atoms with Crippen LogP contribution in [0.1, 0.15) is 99.8 Å². The molecule has 1 heterocycles. The predicted octanol–water partition coefficient (Wildman–Crippen LogP) is 6.75. The summed E-state index contributed by atoms with van der Waals surface area (Å²) in [5, 5.41) is 0. The smallest absolute Gasteiger partial charge is 0.313 e. The molecule has 4 unspecified atom stereocenters. The van der Waals surface area contributed by atoms with Crippen molar-refractivity contribution in [3.8, 4) is 0 Å². The maximum Gasteiger partial charge on any atom is 0.313 e. The Bertz CT molecular complexity index is 964. The third-order valence-electron chi connectivity index (χ3n) is 13.6. The van der Waals surface area contributed by atoms with Gasteiger partial charge in [-0.25, -0.2) is 0 Å². The Morgan fingerprint density at radius 2 is 1.64 bits per heavy atom. The first-order valence-corrected chi connectivity index (χ1v) is 13.8. The number of hydrogen-bond acceptors (Lipinski definition) is 3. The Morgan fingerprint density at radius 3 is 2.36 bits per heavy atom. The molecule has 0 amide bonds. The fourth-order valence-corrected chi connectivity index (χ4v) is 11.2. The first kappa shape index (κ1) is 22.4. The molecule has 0 aromatic rings. The highest BCUT2D eigenvalue weighted by Gasteiger charge is 2.80. The van der Waals surface area contributed by atoms with Gasteiger partial charge in [0.15, 0.2) is 0 Å². The summed E-state index contributed by atoms with van der Waals surface area (Å²) in [4.78, 5) is 26.6. The topological polar surface area (TPSA) is 43.4 Å². The fourth-order valence-electron chi connectivity index (χ4n) is 11.2. The molecular weight excluding hydrogens is 408 g/mol. The highest BCUT2D eigenvalue weighted by atomic mass is 16.6. The van der Waals surface area contributed by atoms with Crippen LogP contribution < -0.4 is 0 Å². The van der Waals surface area contributed by atoms with Crippen LogP contribution in [0, 0.1) is 56.7 Å². The van der Waals surface area contributed by atoms with E-state index in [4.69, 9.17) is 4.74 Å². The molecule has 6 rings (SSSR count). The molecular formula is C30H44O3. The van der Waals surface area contributed by atoms with Crippen LogP contribution in [0.5, 0.6) is 0 Å². The van der Waals surface area contributed by atoms with E-state index in [0.717, 1.165) is 44.9 Å². The van der Waals surface area contributed by atoms with E-state index in [-0.39, 0.29) is 33.0 Å². The Balaban J connectivity index is 1.52. The molecule has 4 saturated carbocycles. The zero-order chi connectivity index (χ0) is 23.8. The van der Waals surface area contributed by atoms with E-state index in [2.05, 4.69) is 60.6 Å². The second-order valence-electron chi connectivity index (χ2n) is 14.5. The summed E-state index contributed by atoms with van der Waals surface area (Å²) in [5.41, 5.74) is -0.850. The van der Waals surface area contributed by atoms with Gasteiger partial charge >= 0.3 is 5.97 Å². The zero-order valence-corrected chi connectivity index (χ0v) is 21.9. The Morgan fingerprint density at radius 1 is 0.909 bits per heavy atom. The lowest BCUT2D eigenvalue weighted by Crippen LogP contribution is -2.70. The van der Waals surface area contributed by atoms with Crippen LogP contribution >= 0.6 is 0 Å². The molecule has 1 saturated heterocycles. The van der Waals surface area contributed by atoms with E-state index in [1.54, 1.807) is 0 Å². The van der Waals surface area contributed by atoms with Crippen molar-refractivity contribution in [1.29, 1.82) is 0 Å². The van der Waals surface area contributed by atoms with Crippen molar-refractivity contribution < 1.29 is 14.3 Å². The van der Waals surface area contributed by atoms with E-state index in [1.165, 1.54) is 0 Å². The Labute approximate surface area is 200 Å². The lowest BCUT2D eigenvalue weighted by Gasteiger charge is -2.71. The molecule has 0 N–H and O–H groups in total. The van der Waals surface area contributed by atoms with Crippen molar-refractivity contribution in [2.45, 2.75) is 105 Å². The molecule has 2 bridgehead atoms. The molecule has 182 valence electrons. The molecule has 3 nitrogen and oxygen atoms in total. The van der Waals surface area contributed by atoms with Gasteiger partial charge in [0.1, 0.15) is 11.4 Å². The third-order valence-corrected chi connectivity index (χ3v) is 13.6. The summed E-state index contributed by atoms with van der Waals surface area (Å²) in [6.07, 6.45) is 13.1. The lowest BCUT2D eigenvalue weighted by molar-refractivity contribution is -0.235. The van der Waals surface area contributed by atoms with Crippen LogP contribution in [0.4, 0.5) is 0 Å². The Hall–Kier alpha value is -1.12. The number of ketones is 1. The summed E-state index contributed by atoms with van der Waals surface area (Å²) in [6.45, 7) is 16.7. The maximum atomic E-state index is 13.6. The zero-order valence-electron chi connectivity index (χ0n) is 21.9. The fraction of sp³-hybridized carbons (Fsp3) is 0.867. The average molecular weight is 453 g/mol. The molecule has 0 aromatic heterocycles. The van der Waals surface area contributed by atoms with Gasteiger partial charge in [0.05, 0.1) is 5.41 Å². The van der Waals surface area contributed by atoms with Gasteiger partial charge in [0.2, 0.25) is 0 Å². The van der Waals surface area contributed by atoms with E-state index in [1.807, 2.05) is 0 Å². The molecule has 5 aliphatic carbocycles. The number of Topliss-reactive ketones (excluding diaryl/α,β-unsaturated/α-hetero) is 1. The van der Waals surface area contributed by atoms with Crippen LogP contribution in [0.15, 0.2) is 12.2 Å². The Kier molecular flexibility index (Phi) is 4.17. The van der Waals surface area contributed by atoms with Crippen LogP contribution in [-0.4, -0.2) is 17.4 Å². The van der Waals surface area contributed by atoms with Gasteiger partial charge in [0.25, 0.3) is 0 Å². The van der Waals surface area contributed by atoms with Crippen LogP contribution in [-0.2, 0) is 14.3 Å². The van der Waals surface area contributed by atoms with Gasteiger partial charge in [-0.1, -0.05) is 54.5 Å². The molecule has 33 heavy (non-hydrogen) atoms. The molecule has 0 radical (unpaired) electrons. The van der Waals surface area contributed by atoms with E-state index in [9.17, 15) is 9.59 Å². The number of ether oxygens (including phenoxy) is 1. The summed E-state index contributed by atoms with van der Waals surface area (Å²) >= 11 is 0. The normalized spacial score (nSPS) is 58.6. The lowest BCUT2D eigenvalue weighted by atomic mass is 9.32. The van der Waals surface area contributed by atoms with Gasteiger partial charge in [-0.15, -0.1) is 0 Å². The molecule has 1 spiro atoms. The van der Waals surface area contributed by atoms with Crippen molar-refractivity contribution >= 4 is 11.8 Å². The van der Waals surface area contributed by atoms with Crippen molar-refractivity contribution in [2.24, 2.45) is 56.7 Å². The second-order valence-corrected chi connectivity index (χ2v) is 14.5. The second kappa shape index (κ2) is 6.16. The number of carbonyl (C=O) groups is 2. The summed E-state index contributed by atoms with van der Waals surface area (Å²) in [5.74, 6) is 2.83. The molecule has 5 fully saturated rings. The molecule has 0 aromatic carbocycles. The number of allylic oxidation sites excluding steroid dienone is 1. The van der Waals surface area contributed by atoms with Gasteiger partial charge in [-0.3, -0.25) is 9.59 Å². The number of fused-ring (bicyclic) bond motifs is 4. The van der Waals surface area contributed by atoms with E-state index in [0.29, 0.717) is 41.8 Å². The standard InChI is InChI=1S/C30H44O3/c1-18-8-14-29-17-16-28(7)27(6)13-9-20-25(3,4)22(31)11-12-26(20,5)21(27)10-15-30(28,33-24(29)32)23(29)19(18)2/h10,15,18-21,23H,8-9,11-14,16-17H2,1-7H3/t18?,19-,20?,21?,23+,26-,27+,28?,29-,30-/m0/s1. The van der Waals surface area contributed by atoms with Gasteiger partial charge in [0, 0.05) is 23.2 Å². The minimum Gasteiger partial charge on any atom is -0.453 e. The largest absolute Gasteiger partial charge is 0.453 e. The SMILES string of the molecule is CC1CC[C@@]23CCC4(C)[C@@](C=CC5[C@@]6(C)CCC(=O)C(C)(C)C6CC[C@]54C)(OC2=O)[C@@H]3[C@H]1C. The van der Waals surface area contributed by atoms with Crippen LogP contribution in [0.25, 0.3) is 0 Å². The van der Waals surface area contributed by atoms with E-state index < -0.39 is 5.60 Å². The summed E-state index contributed by atoms with van der Waals surface area (Å²) < 4.78 is 6.70. The van der Waals surface area contributed by atoms with Crippen molar-refractivity contribution in [3.05, 3.63) is 12.2 Å². The average Bonchev–Trinajstić information content (AvgIpc) is 2.95. The van der Waals surface area contributed by atoms with Gasteiger partial charge < -0.3 is 4.74 Å². The van der Waals surface area contributed by atoms with Crippen LogP contribution in [0.2, 0.25) is 0 Å². The van der Waals surface area contributed by atoms with Crippen molar-refractivity contribution in [3.63, 3.8) is 0 Å². The summed E-state index contributed by atoms with van der Waals surface area (Å²) in [7, 11) is 0. The first-order chi connectivity index (χ1) is 15.3. The molecule has 1 aliphatic heterocycles. The van der Waals surface area contributed by atoms with Crippen molar-refractivity contribution in [1.82, 2.24) is 0 Å². The molecule has 6 aliphatic rings. The maximum absolute atomic E-state index is 13.6. The van der Waals surface area contributed by atoms with Gasteiger partial charge in [-0.2, -0.15) is 0 Å². The van der Waals surface area contributed by atoms with Gasteiger partial charge in [-0.05, 0) is 85.5 Å².